The van der Waals surface area contributed by atoms with Crippen molar-refractivity contribution in [1.29, 1.82) is 0 Å². The van der Waals surface area contributed by atoms with Crippen LogP contribution in [0, 0.1) is 13.8 Å². The Bertz CT molecular complexity index is 1210. The molecule has 162 valence electrons. The van der Waals surface area contributed by atoms with Crippen LogP contribution >= 0.6 is 0 Å². The van der Waals surface area contributed by atoms with Gasteiger partial charge in [-0.15, -0.1) is 0 Å². The molecule has 0 aliphatic carbocycles. The third kappa shape index (κ3) is 4.63. The third-order valence-corrected chi connectivity index (χ3v) is 7.77. The average Bonchev–Trinajstić information content (AvgIpc) is 2.76. The normalized spacial score (nSPS) is 15.8. The van der Waals surface area contributed by atoms with Crippen molar-refractivity contribution in [3.63, 3.8) is 0 Å². The molecule has 4 rings (SSSR count). The highest BCUT2D eigenvalue weighted by Crippen LogP contribution is 2.23. The molecule has 0 unspecified atom stereocenters. The van der Waals surface area contributed by atoms with Crippen LogP contribution in [0.2, 0.25) is 0 Å². The predicted octanol–water partition coefficient (Wildman–Crippen LogP) is 3.40. The van der Waals surface area contributed by atoms with Gasteiger partial charge in [0.2, 0.25) is 15.9 Å². The number of rotatable bonds is 5. The van der Waals surface area contributed by atoms with Crippen LogP contribution in [0.1, 0.15) is 11.1 Å². The van der Waals surface area contributed by atoms with E-state index in [2.05, 4.69) is 5.32 Å². The number of carbonyl (C=O) groups excluding carboxylic acids is 1. The summed E-state index contributed by atoms with van der Waals surface area (Å²) in [6.07, 6.45) is 0. The second-order valence-corrected chi connectivity index (χ2v) is 9.94. The molecule has 31 heavy (non-hydrogen) atoms. The maximum atomic E-state index is 13.0. The summed E-state index contributed by atoms with van der Waals surface area (Å²) in [7, 11) is -3.52. The van der Waals surface area contributed by atoms with Gasteiger partial charge in [0.1, 0.15) is 0 Å². The van der Waals surface area contributed by atoms with Crippen molar-refractivity contribution in [3.8, 4) is 0 Å². The quantitative estimate of drug-likeness (QED) is 0.664. The zero-order chi connectivity index (χ0) is 22.0. The molecule has 0 saturated carbocycles. The summed E-state index contributed by atoms with van der Waals surface area (Å²) in [6, 6.07) is 19.0. The highest BCUT2D eigenvalue weighted by atomic mass is 32.2. The molecule has 7 heteroatoms. The number of hydrogen-bond acceptors (Lipinski definition) is 4. The number of benzene rings is 3. The Labute approximate surface area is 183 Å². The van der Waals surface area contributed by atoms with Crippen molar-refractivity contribution < 1.29 is 13.2 Å². The van der Waals surface area contributed by atoms with E-state index in [0.717, 1.165) is 27.6 Å². The number of anilines is 1. The van der Waals surface area contributed by atoms with Gasteiger partial charge in [-0.3, -0.25) is 9.69 Å². The average molecular weight is 438 g/mol. The zero-order valence-electron chi connectivity index (χ0n) is 17.8. The molecule has 6 nitrogen and oxygen atoms in total. The summed E-state index contributed by atoms with van der Waals surface area (Å²) in [4.78, 5) is 14.9. The van der Waals surface area contributed by atoms with E-state index in [-0.39, 0.29) is 12.5 Å². The number of sulfonamides is 1. The molecule has 1 aliphatic rings. The van der Waals surface area contributed by atoms with Crippen LogP contribution in [0.15, 0.2) is 65.6 Å². The molecule has 0 radical (unpaired) electrons. The molecule has 1 saturated heterocycles. The number of aryl methyl sites for hydroxylation is 2. The van der Waals surface area contributed by atoms with Crippen LogP contribution in [0.4, 0.5) is 5.69 Å². The Hall–Kier alpha value is -2.74. The maximum Gasteiger partial charge on any atom is 0.243 e. The molecule has 1 aliphatic heterocycles. The molecule has 1 heterocycles. The van der Waals surface area contributed by atoms with Crippen molar-refractivity contribution >= 4 is 32.4 Å². The molecular formula is C24H27N3O3S. The minimum Gasteiger partial charge on any atom is -0.324 e. The van der Waals surface area contributed by atoms with E-state index >= 15 is 0 Å². The summed E-state index contributed by atoms with van der Waals surface area (Å²) in [6.45, 7) is 5.91. The SMILES string of the molecule is Cc1ccc(S(=O)(=O)N2CCN(CC(=O)Nc3cccc4ccccc34)CC2)cc1C. The fourth-order valence-corrected chi connectivity index (χ4v) is 5.39. The van der Waals surface area contributed by atoms with E-state index < -0.39 is 10.0 Å². The van der Waals surface area contributed by atoms with Crippen molar-refractivity contribution in [1.82, 2.24) is 9.21 Å². The van der Waals surface area contributed by atoms with Crippen molar-refractivity contribution in [3.05, 3.63) is 71.8 Å². The van der Waals surface area contributed by atoms with Gasteiger partial charge in [-0.05, 0) is 48.6 Å². The Kier molecular flexibility index (Phi) is 6.09. The van der Waals surface area contributed by atoms with Crippen molar-refractivity contribution in [2.75, 3.05) is 38.0 Å². The summed E-state index contributed by atoms with van der Waals surface area (Å²) in [5.74, 6) is -0.0955. The monoisotopic (exact) mass is 437 g/mol. The number of fused-ring (bicyclic) bond motifs is 1. The van der Waals surface area contributed by atoms with Gasteiger partial charge in [0.15, 0.2) is 0 Å². The number of piperazine rings is 1. The van der Waals surface area contributed by atoms with Crippen LogP contribution in [-0.4, -0.2) is 56.3 Å². The van der Waals surface area contributed by atoms with E-state index in [1.165, 1.54) is 4.31 Å². The summed E-state index contributed by atoms with van der Waals surface area (Å²) < 4.78 is 27.5. The van der Waals surface area contributed by atoms with E-state index in [1.54, 1.807) is 12.1 Å². The van der Waals surface area contributed by atoms with Gasteiger partial charge < -0.3 is 5.32 Å². The van der Waals surface area contributed by atoms with Crippen LogP contribution in [-0.2, 0) is 14.8 Å². The minimum absolute atomic E-state index is 0.0955. The molecule has 0 atom stereocenters. The Balaban J connectivity index is 1.36. The fourth-order valence-electron chi connectivity index (χ4n) is 3.88. The Morgan fingerprint density at radius 2 is 1.61 bits per heavy atom. The number of amides is 1. The molecule has 0 aromatic heterocycles. The lowest BCUT2D eigenvalue weighted by atomic mass is 10.1. The standard InChI is InChI=1S/C24H27N3O3S/c1-18-10-11-21(16-19(18)2)31(29,30)27-14-12-26(13-15-27)17-24(28)25-23-9-5-7-20-6-3-4-8-22(20)23/h3-11,16H,12-15,17H2,1-2H3,(H,25,28). The van der Waals surface area contributed by atoms with Crippen LogP contribution in [0.3, 0.4) is 0 Å². The van der Waals surface area contributed by atoms with Gasteiger partial charge in [0.25, 0.3) is 0 Å². The molecule has 0 bridgehead atoms. The first-order valence-corrected chi connectivity index (χ1v) is 11.9. The van der Waals surface area contributed by atoms with E-state index in [1.807, 2.05) is 67.3 Å². The molecule has 0 spiro atoms. The molecular weight excluding hydrogens is 410 g/mol. The lowest BCUT2D eigenvalue weighted by Crippen LogP contribution is -2.50. The van der Waals surface area contributed by atoms with Gasteiger partial charge >= 0.3 is 0 Å². The predicted molar refractivity (Wildman–Crippen MR) is 124 cm³/mol. The summed E-state index contributed by atoms with van der Waals surface area (Å²) >= 11 is 0. The molecule has 1 N–H and O–H groups in total. The van der Waals surface area contributed by atoms with Crippen molar-refractivity contribution in [2.45, 2.75) is 18.7 Å². The first-order valence-electron chi connectivity index (χ1n) is 10.4. The Morgan fingerprint density at radius 3 is 2.35 bits per heavy atom. The van der Waals surface area contributed by atoms with Gasteiger partial charge in [-0.2, -0.15) is 4.31 Å². The van der Waals surface area contributed by atoms with Gasteiger partial charge in [0.05, 0.1) is 11.4 Å². The topological polar surface area (TPSA) is 69.7 Å². The summed E-state index contributed by atoms with van der Waals surface area (Å²) in [5.41, 5.74) is 2.82. The largest absolute Gasteiger partial charge is 0.324 e. The molecule has 1 fully saturated rings. The van der Waals surface area contributed by atoms with Crippen LogP contribution in [0.5, 0.6) is 0 Å². The number of nitrogens with one attached hydrogen (secondary N) is 1. The Morgan fingerprint density at radius 1 is 0.903 bits per heavy atom. The van der Waals surface area contributed by atoms with Crippen LogP contribution < -0.4 is 5.32 Å². The zero-order valence-corrected chi connectivity index (χ0v) is 18.7. The number of carbonyl (C=O) groups is 1. The minimum atomic E-state index is -3.52. The lowest BCUT2D eigenvalue weighted by molar-refractivity contribution is -0.117. The molecule has 3 aromatic carbocycles. The van der Waals surface area contributed by atoms with E-state index in [4.69, 9.17) is 0 Å². The second kappa shape index (κ2) is 8.78. The first kappa shape index (κ1) is 21.5. The first-order chi connectivity index (χ1) is 14.8. The van der Waals surface area contributed by atoms with E-state index in [9.17, 15) is 13.2 Å². The maximum absolute atomic E-state index is 13.0. The fraction of sp³-hybridized carbons (Fsp3) is 0.292. The van der Waals surface area contributed by atoms with Gasteiger partial charge in [-0.1, -0.05) is 42.5 Å². The lowest BCUT2D eigenvalue weighted by Gasteiger charge is -2.33. The number of nitrogens with zero attached hydrogens (tertiary/aromatic N) is 2. The van der Waals surface area contributed by atoms with Crippen LogP contribution in [0.25, 0.3) is 10.8 Å². The highest BCUT2D eigenvalue weighted by molar-refractivity contribution is 7.89. The number of hydrogen-bond donors (Lipinski definition) is 1. The summed E-state index contributed by atoms with van der Waals surface area (Å²) in [5, 5.41) is 5.08. The third-order valence-electron chi connectivity index (χ3n) is 5.88. The highest BCUT2D eigenvalue weighted by Gasteiger charge is 2.29. The smallest absolute Gasteiger partial charge is 0.243 e. The van der Waals surface area contributed by atoms with Gasteiger partial charge in [-0.25, -0.2) is 8.42 Å². The molecule has 3 aromatic rings. The van der Waals surface area contributed by atoms with Gasteiger partial charge in [0, 0.05) is 37.3 Å². The van der Waals surface area contributed by atoms with E-state index in [0.29, 0.717) is 31.1 Å². The second-order valence-electron chi connectivity index (χ2n) is 8.00. The van der Waals surface area contributed by atoms with Crippen molar-refractivity contribution in [2.24, 2.45) is 0 Å². The molecule has 1 amide bonds.